The molecule has 8 heteroatoms. The number of aromatic nitrogens is 3. The Kier molecular flexibility index (Phi) is 5.01. The summed E-state index contributed by atoms with van der Waals surface area (Å²) in [6.07, 6.45) is 2.36. The van der Waals surface area contributed by atoms with Crippen molar-refractivity contribution in [3.05, 3.63) is 5.82 Å². The monoisotopic (exact) mass is 265 g/mol. The van der Waals surface area contributed by atoms with Gasteiger partial charge >= 0.3 is 10.2 Å². The van der Waals surface area contributed by atoms with Crippen LogP contribution in [0, 0.1) is 0 Å². The van der Waals surface area contributed by atoms with Crippen LogP contribution >= 0.6 is 0 Å². The Balaban J connectivity index is 3.02. The molecule has 98 valence electrons. The summed E-state index contributed by atoms with van der Waals surface area (Å²) in [7, 11) is -3.35. The topological polar surface area (TPSA) is 74.1 Å². The van der Waals surface area contributed by atoms with Gasteiger partial charge in [0.25, 0.3) is 5.16 Å². The number of hydrogen-bond acceptors (Lipinski definition) is 5. The van der Waals surface area contributed by atoms with E-state index in [4.69, 9.17) is 4.74 Å². The number of rotatable bonds is 7. The van der Waals surface area contributed by atoms with E-state index in [0.717, 1.165) is 12.8 Å². The number of aryl methyl sites for hydroxylation is 1. The molecule has 0 aliphatic heterocycles. The third-order valence-electron chi connectivity index (χ3n) is 2.28. The van der Waals surface area contributed by atoms with Crippen LogP contribution in [0.1, 0.15) is 25.6 Å². The van der Waals surface area contributed by atoms with E-state index in [1.54, 1.807) is 0 Å². The summed E-state index contributed by atoms with van der Waals surface area (Å²) in [6, 6.07) is 0. The van der Waals surface area contributed by atoms with E-state index in [9.17, 15) is 12.3 Å². The Morgan fingerprint density at radius 2 is 2.12 bits per heavy atom. The highest BCUT2D eigenvalue weighted by molar-refractivity contribution is 7.86. The summed E-state index contributed by atoms with van der Waals surface area (Å²) in [5.41, 5.74) is 0. The van der Waals surface area contributed by atoms with Gasteiger partial charge in [-0.3, -0.25) is 4.57 Å². The van der Waals surface area contributed by atoms with Crippen LogP contribution in [0.4, 0.5) is 3.89 Å². The molecule has 0 radical (unpaired) electrons. The maximum Gasteiger partial charge on any atom is 0.368 e. The molecule has 0 unspecified atom stereocenters. The maximum atomic E-state index is 13.0. The van der Waals surface area contributed by atoms with Crippen molar-refractivity contribution in [3.8, 4) is 0 Å². The molecule has 0 aliphatic rings. The summed E-state index contributed by atoms with van der Waals surface area (Å²) < 4.78 is 40.8. The standard InChI is InChI=1S/C9H16FN3O3S/c1-3-4-5-8-11-12-9(17(10,14)15)13(8)6-7-16-2/h3-7H2,1-2H3. The van der Waals surface area contributed by atoms with Crippen LogP contribution < -0.4 is 0 Å². The lowest BCUT2D eigenvalue weighted by molar-refractivity contribution is 0.183. The number of unbranched alkanes of at least 4 members (excludes halogenated alkanes) is 1. The Morgan fingerprint density at radius 1 is 1.41 bits per heavy atom. The molecule has 0 bridgehead atoms. The van der Waals surface area contributed by atoms with Crippen molar-refractivity contribution in [2.75, 3.05) is 13.7 Å². The van der Waals surface area contributed by atoms with Crippen LogP contribution in [-0.4, -0.2) is 36.9 Å². The summed E-state index contributed by atoms with van der Waals surface area (Å²) >= 11 is 0. The van der Waals surface area contributed by atoms with E-state index in [2.05, 4.69) is 10.2 Å². The first-order chi connectivity index (χ1) is 8.00. The second-order valence-corrected chi connectivity index (χ2v) is 4.83. The predicted molar refractivity (Wildman–Crippen MR) is 58.8 cm³/mol. The fourth-order valence-electron chi connectivity index (χ4n) is 1.43. The highest BCUT2D eigenvalue weighted by Gasteiger charge is 2.23. The van der Waals surface area contributed by atoms with Crippen LogP contribution in [-0.2, 0) is 27.9 Å². The van der Waals surface area contributed by atoms with Crippen molar-refractivity contribution in [1.29, 1.82) is 0 Å². The maximum absolute atomic E-state index is 13.0. The summed E-state index contributed by atoms with van der Waals surface area (Å²) in [6.45, 7) is 2.50. The lowest BCUT2D eigenvalue weighted by Gasteiger charge is -2.07. The fourth-order valence-corrected chi connectivity index (χ4v) is 2.02. The molecule has 1 heterocycles. The van der Waals surface area contributed by atoms with Gasteiger partial charge in [-0.05, 0) is 6.42 Å². The number of halogens is 1. The molecule has 0 amide bonds. The summed E-state index contributed by atoms with van der Waals surface area (Å²) in [5, 5.41) is 6.46. The van der Waals surface area contributed by atoms with E-state index in [1.165, 1.54) is 11.7 Å². The minimum atomic E-state index is -4.83. The van der Waals surface area contributed by atoms with Crippen LogP contribution in [0.3, 0.4) is 0 Å². The second kappa shape index (κ2) is 6.06. The molecule has 1 rings (SSSR count). The zero-order valence-electron chi connectivity index (χ0n) is 9.89. The van der Waals surface area contributed by atoms with E-state index >= 15 is 0 Å². The van der Waals surface area contributed by atoms with Gasteiger partial charge in [0.1, 0.15) is 5.82 Å². The van der Waals surface area contributed by atoms with Gasteiger partial charge in [-0.15, -0.1) is 10.2 Å². The first-order valence-corrected chi connectivity index (χ1v) is 6.74. The first-order valence-electron chi connectivity index (χ1n) is 5.36. The zero-order valence-corrected chi connectivity index (χ0v) is 10.7. The average Bonchev–Trinajstić information content (AvgIpc) is 2.66. The number of methoxy groups -OCH3 is 1. The SMILES string of the molecule is CCCCc1nnc(S(=O)(=O)F)n1CCOC. The number of hydrogen-bond donors (Lipinski definition) is 0. The van der Waals surface area contributed by atoms with Gasteiger partial charge in [0.2, 0.25) is 0 Å². The number of nitrogens with zero attached hydrogens (tertiary/aromatic N) is 3. The van der Waals surface area contributed by atoms with Crippen LogP contribution in [0.25, 0.3) is 0 Å². The zero-order chi connectivity index (χ0) is 12.9. The van der Waals surface area contributed by atoms with Gasteiger partial charge in [0.15, 0.2) is 0 Å². The average molecular weight is 265 g/mol. The minimum absolute atomic E-state index is 0.223. The molecule has 0 aromatic carbocycles. The molecular formula is C9H16FN3O3S. The summed E-state index contributed by atoms with van der Waals surface area (Å²) in [4.78, 5) is 0. The fraction of sp³-hybridized carbons (Fsp3) is 0.778. The van der Waals surface area contributed by atoms with Crippen molar-refractivity contribution >= 4 is 10.2 Å². The molecule has 0 atom stereocenters. The van der Waals surface area contributed by atoms with Gasteiger partial charge in [0.05, 0.1) is 13.2 Å². The molecule has 6 nitrogen and oxygen atoms in total. The van der Waals surface area contributed by atoms with Gasteiger partial charge in [-0.25, -0.2) is 0 Å². The molecule has 0 spiro atoms. The summed E-state index contributed by atoms with van der Waals surface area (Å²) in [5.74, 6) is 0.472. The van der Waals surface area contributed by atoms with Gasteiger partial charge < -0.3 is 4.74 Å². The van der Waals surface area contributed by atoms with Crippen molar-refractivity contribution in [2.24, 2.45) is 0 Å². The second-order valence-electron chi connectivity index (χ2n) is 3.58. The number of ether oxygens (including phenoxy) is 1. The van der Waals surface area contributed by atoms with Gasteiger partial charge in [-0.1, -0.05) is 17.2 Å². The van der Waals surface area contributed by atoms with E-state index < -0.39 is 15.4 Å². The van der Waals surface area contributed by atoms with Crippen LogP contribution in [0.15, 0.2) is 5.16 Å². The largest absolute Gasteiger partial charge is 0.383 e. The highest BCUT2D eigenvalue weighted by Crippen LogP contribution is 2.13. The van der Waals surface area contributed by atoms with Crippen LogP contribution in [0.2, 0.25) is 0 Å². The highest BCUT2D eigenvalue weighted by atomic mass is 32.3. The van der Waals surface area contributed by atoms with Crippen molar-refractivity contribution < 1.29 is 17.0 Å². The first kappa shape index (κ1) is 14.0. The molecule has 0 fully saturated rings. The molecule has 0 saturated heterocycles. The van der Waals surface area contributed by atoms with Gasteiger partial charge in [0, 0.05) is 13.5 Å². The van der Waals surface area contributed by atoms with Crippen LogP contribution in [0.5, 0.6) is 0 Å². The predicted octanol–water partition coefficient (Wildman–Crippen LogP) is 0.925. The molecular weight excluding hydrogens is 249 g/mol. The molecule has 1 aromatic heterocycles. The third-order valence-corrected chi connectivity index (χ3v) is 3.02. The molecule has 1 aromatic rings. The van der Waals surface area contributed by atoms with E-state index in [1.807, 2.05) is 6.92 Å². The van der Waals surface area contributed by atoms with Crippen molar-refractivity contribution in [1.82, 2.24) is 14.8 Å². The van der Waals surface area contributed by atoms with E-state index in [0.29, 0.717) is 12.2 Å². The quantitative estimate of drug-likeness (QED) is 0.685. The molecule has 0 aliphatic carbocycles. The smallest absolute Gasteiger partial charge is 0.368 e. The molecule has 0 N–H and O–H groups in total. The minimum Gasteiger partial charge on any atom is -0.383 e. The Hall–Kier alpha value is -1.02. The third kappa shape index (κ3) is 3.74. The van der Waals surface area contributed by atoms with E-state index in [-0.39, 0.29) is 13.2 Å². The lowest BCUT2D eigenvalue weighted by Crippen LogP contribution is -2.13. The Morgan fingerprint density at radius 3 is 2.65 bits per heavy atom. The molecule has 0 saturated carbocycles. The Bertz CT molecular complexity index is 458. The normalized spacial score (nSPS) is 11.9. The Labute approximate surface area is 100 Å². The van der Waals surface area contributed by atoms with Gasteiger partial charge in [-0.2, -0.15) is 8.42 Å². The van der Waals surface area contributed by atoms with Crippen molar-refractivity contribution in [2.45, 2.75) is 37.9 Å². The molecule has 17 heavy (non-hydrogen) atoms. The lowest BCUT2D eigenvalue weighted by atomic mass is 10.2. The van der Waals surface area contributed by atoms with Crippen molar-refractivity contribution in [3.63, 3.8) is 0 Å².